The van der Waals surface area contributed by atoms with Crippen LogP contribution >= 0.6 is 15.9 Å². The maximum absolute atomic E-state index is 11.1. The van der Waals surface area contributed by atoms with E-state index in [0.717, 1.165) is 11.1 Å². The van der Waals surface area contributed by atoms with Crippen molar-refractivity contribution in [3.05, 3.63) is 63.1 Å². The molecule has 0 atom stereocenters. The number of aromatic nitrogens is 1. The molecule has 0 aliphatic rings. The number of rotatable bonds is 3. The van der Waals surface area contributed by atoms with E-state index in [-0.39, 0.29) is 10.6 Å². The van der Waals surface area contributed by atoms with E-state index in [1.54, 1.807) is 12.1 Å². The molecule has 0 unspecified atom stereocenters. The molecule has 0 radical (unpaired) electrons. The third kappa shape index (κ3) is 2.15. The molecule has 5 nitrogen and oxygen atoms in total. The highest BCUT2D eigenvalue weighted by Gasteiger charge is 2.15. The average Bonchev–Trinajstić information content (AvgIpc) is 2.97. The van der Waals surface area contributed by atoms with Crippen LogP contribution in [-0.4, -0.2) is 9.49 Å². The fraction of sp³-hybridized carbons (Fsp3) is 0.0769. The number of hydrogen-bond acceptors (Lipinski definition) is 3. The minimum atomic E-state index is -0.364. The summed E-state index contributed by atoms with van der Waals surface area (Å²) in [5.74, 6) is 0.738. The number of nitrogens with zero attached hydrogens (tertiary/aromatic N) is 2. The lowest BCUT2D eigenvalue weighted by Gasteiger charge is -2.03. The summed E-state index contributed by atoms with van der Waals surface area (Å²) in [5.41, 5.74) is 0.716. The molecule has 2 aromatic heterocycles. The van der Waals surface area contributed by atoms with Gasteiger partial charge in [0.15, 0.2) is 4.67 Å². The van der Waals surface area contributed by atoms with Gasteiger partial charge in [-0.3, -0.25) is 10.1 Å². The van der Waals surface area contributed by atoms with Crippen molar-refractivity contribution in [1.82, 2.24) is 4.57 Å². The normalized spacial score (nSPS) is 11.0. The topological polar surface area (TPSA) is 61.2 Å². The molecule has 1 aromatic carbocycles. The molecule has 2 heterocycles. The van der Waals surface area contributed by atoms with Gasteiger partial charge < -0.3 is 8.98 Å². The van der Waals surface area contributed by atoms with Gasteiger partial charge in [-0.2, -0.15) is 0 Å². The average molecular weight is 321 g/mol. The molecule has 0 N–H and O–H groups in total. The first kappa shape index (κ1) is 12.0. The predicted molar refractivity (Wildman–Crippen MR) is 74.1 cm³/mol. The number of non-ortho nitro benzene ring substituents is 1. The molecule has 0 spiro atoms. The van der Waals surface area contributed by atoms with E-state index >= 15 is 0 Å². The smallest absolute Gasteiger partial charge is 0.293 e. The lowest BCUT2D eigenvalue weighted by Crippen LogP contribution is -1.99. The molecule has 0 saturated carbocycles. The van der Waals surface area contributed by atoms with Gasteiger partial charge in [-0.25, -0.2) is 0 Å². The van der Waals surface area contributed by atoms with Crippen LogP contribution in [0.25, 0.3) is 10.9 Å². The highest BCUT2D eigenvalue weighted by molar-refractivity contribution is 9.10. The third-order valence-electron chi connectivity index (χ3n) is 2.92. The van der Waals surface area contributed by atoms with Crippen LogP contribution in [0.3, 0.4) is 0 Å². The number of hydrogen-bond donors (Lipinski definition) is 0. The van der Waals surface area contributed by atoms with Crippen molar-refractivity contribution in [3.63, 3.8) is 0 Å². The van der Waals surface area contributed by atoms with Crippen LogP contribution in [0.5, 0.6) is 0 Å². The zero-order valence-electron chi connectivity index (χ0n) is 9.75. The molecule has 96 valence electrons. The minimum Gasteiger partial charge on any atom is -0.452 e. The van der Waals surface area contributed by atoms with E-state index in [9.17, 15) is 10.1 Å². The van der Waals surface area contributed by atoms with Crippen molar-refractivity contribution in [2.75, 3.05) is 0 Å². The van der Waals surface area contributed by atoms with Crippen molar-refractivity contribution in [3.8, 4) is 0 Å². The van der Waals surface area contributed by atoms with Crippen LogP contribution < -0.4 is 0 Å². The first-order chi connectivity index (χ1) is 9.15. The Morgan fingerprint density at radius 2 is 2.11 bits per heavy atom. The highest BCUT2D eigenvalue weighted by Crippen LogP contribution is 2.27. The predicted octanol–water partition coefficient (Wildman–Crippen LogP) is 3.95. The maximum Gasteiger partial charge on any atom is 0.293 e. The summed E-state index contributed by atoms with van der Waals surface area (Å²) in [7, 11) is 0. The van der Waals surface area contributed by atoms with Crippen molar-refractivity contribution in [2.45, 2.75) is 6.54 Å². The number of nitro groups is 1. The minimum absolute atomic E-state index is 0.105. The Kier molecular flexibility index (Phi) is 2.87. The van der Waals surface area contributed by atoms with Crippen molar-refractivity contribution >= 4 is 32.5 Å². The monoisotopic (exact) mass is 320 g/mol. The lowest BCUT2D eigenvalue weighted by atomic mass is 10.2. The summed E-state index contributed by atoms with van der Waals surface area (Å²) in [4.78, 5) is 10.7. The summed E-state index contributed by atoms with van der Waals surface area (Å²) in [5, 5.41) is 11.9. The molecule has 0 amide bonds. The number of benzene rings is 1. The van der Waals surface area contributed by atoms with Gasteiger partial charge in [0.2, 0.25) is 0 Å². The van der Waals surface area contributed by atoms with Crippen LogP contribution in [0.2, 0.25) is 0 Å². The van der Waals surface area contributed by atoms with Crippen LogP contribution in [0.1, 0.15) is 5.76 Å². The Morgan fingerprint density at radius 3 is 2.79 bits per heavy atom. The number of nitro benzene ring substituents is 1. The highest BCUT2D eigenvalue weighted by atomic mass is 79.9. The van der Waals surface area contributed by atoms with Crippen LogP contribution in [0.15, 0.2) is 51.7 Å². The van der Waals surface area contributed by atoms with Gasteiger partial charge in [-0.1, -0.05) is 12.1 Å². The summed E-state index contributed by atoms with van der Waals surface area (Å²) in [6.07, 6.45) is 1.83. The summed E-state index contributed by atoms with van der Waals surface area (Å²) >= 11 is 3.24. The third-order valence-corrected chi connectivity index (χ3v) is 3.35. The van der Waals surface area contributed by atoms with Crippen molar-refractivity contribution in [1.29, 1.82) is 0 Å². The van der Waals surface area contributed by atoms with E-state index in [2.05, 4.69) is 15.9 Å². The van der Waals surface area contributed by atoms with E-state index in [1.165, 1.54) is 6.07 Å². The Balaban J connectivity index is 2.11. The number of halogens is 1. The summed E-state index contributed by atoms with van der Waals surface area (Å²) in [6.45, 7) is 0.458. The summed E-state index contributed by atoms with van der Waals surface area (Å²) in [6, 6.07) is 10.6. The molecule has 6 heteroatoms. The SMILES string of the molecule is O=[N+]([O-])c1cccc2ccn(Cc3ccc(Br)o3)c12. The first-order valence-corrected chi connectivity index (χ1v) is 6.41. The molecule has 0 aliphatic heterocycles. The molecule has 3 aromatic rings. The second-order valence-electron chi connectivity index (χ2n) is 4.12. The van der Waals surface area contributed by atoms with Gasteiger partial charge >= 0.3 is 0 Å². The Morgan fingerprint density at radius 1 is 1.26 bits per heavy atom. The van der Waals surface area contributed by atoms with E-state index < -0.39 is 0 Å². The molecular formula is C13H9BrN2O3. The van der Waals surface area contributed by atoms with E-state index in [1.807, 2.05) is 29.0 Å². The van der Waals surface area contributed by atoms with E-state index in [0.29, 0.717) is 16.7 Å². The quantitative estimate of drug-likeness (QED) is 0.542. The molecule has 0 aliphatic carbocycles. The fourth-order valence-corrected chi connectivity index (χ4v) is 2.46. The van der Waals surface area contributed by atoms with Crippen LogP contribution in [-0.2, 0) is 6.54 Å². The van der Waals surface area contributed by atoms with Gasteiger partial charge in [0.1, 0.15) is 11.3 Å². The Hall–Kier alpha value is -2.08. The zero-order valence-corrected chi connectivity index (χ0v) is 11.3. The van der Waals surface area contributed by atoms with Crippen molar-refractivity contribution < 1.29 is 9.34 Å². The van der Waals surface area contributed by atoms with Crippen LogP contribution in [0, 0.1) is 10.1 Å². The second kappa shape index (κ2) is 4.55. The Labute approximate surface area is 116 Å². The number of fused-ring (bicyclic) bond motifs is 1. The second-order valence-corrected chi connectivity index (χ2v) is 4.90. The van der Waals surface area contributed by atoms with Gasteiger partial charge in [0, 0.05) is 17.6 Å². The molecule has 0 bridgehead atoms. The van der Waals surface area contributed by atoms with E-state index in [4.69, 9.17) is 4.42 Å². The lowest BCUT2D eigenvalue weighted by molar-refractivity contribution is -0.383. The number of furan rings is 1. The van der Waals surface area contributed by atoms with Gasteiger partial charge in [-0.05, 0) is 34.1 Å². The molecular weight excluding hydrogens is 312 g/mol. The Bertz CT molecular complexity index is 760. The maximum atomic E-state index is 11.1. The largest absolute Gasteiger partial charge is 0.452 e. The van der Waals surface area contributed by atoms with Crippen molar-refractivity contribution in [2.24, 2.45) is 0 Å². The first-order valence-electron chi connectivity index (χ1n) is 5.61. The molecule has 0 fully saturated rings. The van der Waals surface area contributed by atoms with Crippen LogP contribution in [0.4, 0.5) is 5.69 Å². The zero-order chi connectivity index (χ0) is 13.4. The van der Waals surface area contributed by atoms with Gasteiger partial charge in [-0.15, -0.1) is 0 Å². The molecule has 0 saturated heterocycles. The van der Waals surface area contributed by atoms with Gasteiger partial charge in [0.05, 0.1) is 11.5 Å². The molecule has 19 heavy (non-hydrogen) atoms. The standard InChI is InChI=1S/C13H9BrN2O3/c14-12-5-4-10(19-12)8-15-7-6-9-2-1-3-11(13(9)15)16(17)18/h1-7H,8H2. The molecule has 3 rings (SSSR count). The summed E-state index contributed by atoms with van der Waals surface area (Å²) < 4.78 is 7.90. The van der Waals surface area contributed by atoms with Gasteiger partial charge in [0.25, 0.3) is 5.69 Å². The number of para-hydroxylation sites is 1. The fourth-order valence-electron chi connectivity index (χ4n) is 2.12.